The Morgan fingerprint density at radius 2 is 2.04 bits per heavy atom. The average Bonchev–Trinajstić information content (AvgIpc) is 2.54. The average molecular weight is 312 g/mol. The predicted octanol–water partition coefficient (Wildman–Crippen LogP) is 3.41. The molecule has 1 N–H and O–H groups in total. The van der Waals surface area contributed by atoms with Gasteiger partial charge in [-0.05, 0) is 37.1 Å². The monoisotopic (exact) mass is 312 g/mol. The molecule has 1 heterocycles. The van der Waals surface area contributed by atoms with Gasteiger partial charge in [0.1, 0.15) is 11.6 Å². The molecule has 0 spiro atoms. The van der Waals surface area contributed by atoms with Crippen molar-refractivity contribution in [3.63, 3.8) is 0 Å². The number of hydrogen-bond acceptors (Lipinski definition) is 4. The van der Waals surface area contributed by atoms with Crippen LogP contribution in [-0.2, 0) is 0 Å². The molecule has 0 atom stereocenters. The second kappa shape index (κ2) is 7.50. The van der Waals surface area contributed by atoms with Crippen LogP contribution in [0.2, 0.25) is 0 Å². The molecule has 0 unspecified atom stereocenters. The van der Waals surface area contributed by atoms with E-state index < -0.39 is 0 Å². The number of nitriles is 1. The van der Waals surface area contributed by atoms with Crippen molar-refractivity contribution in [3.05, 3.63) is 45.9 Å². The summed E-state index contributed by atoms with van der Waals surface area (Å²) in [6, 6.07) is 9.18. The summed E-state index contributed by atoms with van der Waals surface area (Å²) in [5, 5.41) is 9.25. The topological polar surface area (TPSA) is 75.1 Å². The first-order valence-electron chi connectivity index (χ1n) is 7.56. The van der Waals surface area contributed by atoms with E-state index in [1.54, 1.807) is 26.2 Å². The number of nitrogens with zero attached hydrogens (tertiary/aromatic N) is 1. The van der Waals surface area contributed by atoms with E-state index in [2.05, 4.69) is 11.9 Å². The van der Waals surface area contributed by atoms with Crippen LogP contribution in [0.3, 0.4) is 0 Å². The van der Waals surface area contributed by atoms with Crippen molar-refractivity contribution < 1.29 is 9.47 Å². The Kier molecular flexibility index (Phi) is 5.42. The van der Waals surface area contributed by atoms with Crippen LogP contribution in [0.4, 0.5) is 0 Å². The minimum absolute atomic E-state index is 0.0947. The van der Waals surface area contributed by atoms with Gasteiger partial charge in [0, 0.05) is 11.3 Å². The van der Waals surface area contributed by atoms with Crippen molar-refractivity contribution in [3.8, 4) is 28.7 Å². The number of ether oxygens (including phenoxy) is 2. The molecule has 5 heteroatoms. The fraction of sp³-hybridized carbons (Fsp3) is 0.333. The van der Waals surface area contributed by atoms with Crippen LogP contribution in [-0.4, -0.2) is 18.7 Å². The zero-order valence-electron chi connectivity index (χ0n) is 13.6. The maximum absolute atomic E-state index is 11.9. The van der Waals surface area contributed by atoms with Gasteiger partial charge < -0.3 is 14.5 Å². The standard InChI is InChI=1S/C18H20N2O3/c1-4-5-8-23-16-7-6-13(10-17(16)22-3)14-9-12(2)20-18(21)15(14)11-19/h6-7,9-10H,4-5,8H2,1-3H3,(H,20,21). The number of unbranched alkanes of at least 4 members (excludes halogenated alkanes) is 1. The smallest absolute Gasteiger partial charge is 0.266 e. The third-order valence-corrected chi connectivity index (χ3v) is 3.51. The molecule has 0 saturated carbocycles. The van der Waals surface area contributed by atoms with Gasteiger partial charge in [-0.1, -0.05) is 19.4 Å². The molecule has 0 bridgehead atoms. The van der Waals surface area contributed by atoms with Crippen molar-refractivity contribution >= 4 is 0 Å². The number of methoxy groups -OCH3 is 1. The lowest BCUT2D eigenvalue weighted by molar-refractivity contribution is 0.288. The van der Waals surface area contributed by atoms with Crippen molar-refractivity contribution in [1.82, 2.24) is 4.98 Å². The summed E-state index contributed by atoms with van der Waals surface area (Å²) in [5.74, 6) is 1.24. The van der Waals surface area contributed by atoms with Crippen LogP contribution in [0.15, 0.2) is 29.1 Å². The summed E-state index contributed by atoms with van der Waals surface area (Å²) in [6.45, 7) is 4.51. The minimum Gasteiger partial charge on any atom is -0.493 e. The van der Waals surface area contributed by atoms with Crippen LogP contribution in [0, 0.1) is 18.3 Å². The van der Waals surface area contributed by atoms with Gasteiger partial charge in [-0.3, -0.25) is 4.79 Å². The van der Waals surface area contributed by atoms with Gasteiger partial charge in [-0.15, -0.1) is 0 Å². The predicted molar refractivity (Wildman–Crippen MR) is 88.9 cm³/mol. The third-order valence-electron chi connectivity index (χ3n) is 3.51. The largest absolute Gasteiger partial charge is 0.493 e. The maximum atomic E-state index is 11.9. The van der Waals surface area contributed by atoms with Crippen molar-refractivity contribution in [2.24, 2.45) is 0 Å². The summed E-state index contributed by atoms with van der Waals surface area (Å²) >= 11 is 0. The lowest BCUT2D eigenvalue weighted by Gasteiger charge is -2.13. The SMILES string of the molecule is CCCCOc1ccc(-c2cc(C)[nH]c(=O)c2C#N)cc1OC. The Labute approximate surface area is 135 Å². The van der Waals surface area contributed by atoms with E-state index >= 15 is 0 Å². The molecule has 0 radical (unpaired) electrons. The quantitative estimate of drug-likeness (QED) is 0.829. The first-order chi connectivity index (χ1) is 11.1. The number of aromatic amines is 1. The minimum atomic E-state index is -0.385. The zero-order chi connectivity index (χ0) is 16.8. The number of pyridine rings is 1. The van der Waals surface area contributed by atoms with Gasteiger partial charge in [0.2, 0.25) is 0 Å². The Morgan fingerprint density at radius 1 is 1.26 bits per heavy atom. The first-order valence-corrected chi connectivity index (χ1v) is 7.56. The molecule has 0 fully saturated rings. The normalized spacial score (nSPS) is 10.2. The summed E-state index contributed by atoms with van der Waals surface area (Å²) in [6.07, 6.45) is 2.02. The van der Waals surface area contributed by atoms with E-state index in [0.29, 0.717) is 29.4 Å². The number of benzene rings is 1. The molecule has 1 aromatic carbocycles. The highest BCUT2D eigenvalue weighted by atomic mass is 16.5. The van der Waals surface area contributed by atoms with Crippen LogP contribution in [0.25, 0.3) is 11.1 Å². The highest BCUT2D eigenvalue weighted by Crippen LogP contribution is 2.33. The number of aromatic nitrogens is 1. The van der Waals surface area contributed by atoms with E-state index in [4.69, 9.17) is 9.47 Å². The van der Waals surface area contributed by atoms with Gasteiger partial charge in [0.05, 0.1) is 13.7 Å². The Bertz CT molecular complexity index is 788. The summed E-state index contributed by atoms with van der Waals surface area (Å²) in [5.41, 5.74) is 1.75. The van der Waals surface area contributed by atoms with Gasteiger partial charge in [-0.25, -0.2) is 0 Å². The van der Waals surface area contributed by atoms with Crippen molar-refractivity contribution in [2.75, 3.05) is 13.7 Å². The van der Waals surface area contributed by atoms with Gasteiger partial charge >= 0.3 is 0 Å². The van der Waals surface area contributed by atoms with Gasteiger partial charge in [0.15, 0.2) is 11.5 Å². The van der Waals surface area contributed by atoms with Gasteiger partial charge in [-0.2, -0.15) is 5.26 Å². The Morgan fingerprint density at radius 3 is 2.70 bits per heavy atom. The Hall–Kier alpha value is -2.74. The van der Waals surface area contributed by atoms with E-state index in [-0.39, 0.29) is 11.1 Å². The number of nitrogens with one attached hydrogen (secondary N) is 1. The van der Waals surface area contributed by atoms with E-state index in [9.17, 15) is 10.1 Å². The first kappa shape index (κ1) is 16.6. The molecule has 0 aliphatic carbocycles. The second-order valence-electron chi connectivity index (χ2n) is 5.25. The molecule has 120 valence electrons. The number of rotatable bonds is 6. The third kappa shape index (κ3) is 3.72. The molecule has 2 rings (SSSR count). The fourth-order valence-electron chi connectivity index (χ4n) is 2.31. The molecule has 2 aromatic rings. The number of hydrogen-bond donors (Lipinski definition) is 1. The molecule has 1 aromatic heterocycles. The van der Waals surface area contributed by atoms with Crippen LogP contribution in [0.1, 0.15) is 31.0 Å². The van der Waals surface area contributed by atoms with Crippen molar-refractivity contribution in [2.45, 2.75) is 26.7 Å². The summed E-state index contributed by atoms with van der Waals surface area (Å²) in [4.78, 5) is 14.6. The molecule has 0 aliphatic rings. The molecular formula is C18H20N2O3. The van der Waals surface area contributed by atoms with Crippen LogP contribution in [0.5, 0.6) is 11.5 Å². The van der Waals surface area contributed by atoms with Crippen molar-refractivity contribution in [1.29, 1.82) is 5.26 Å². The maximum Gasteiger partial charge on any atom is 0.266 e. The summed E-state index contributed by atoms with van der Waals surface area (Å²) in [7, 11) is 1.57. The highest BCUT2D eigenvalue weighted by Gasteiger charge is 2.13. The molecule has 0 saturated heterocycles. The van der Waals surface area contributed by atoms with Crippen LogP contribution < -0.4 is 15.0 Å². The highest BCUT2D eigenvalue weighted by molar-refractivity contribution is 5.72. The second-order valence-corrected chi connectivity index (χ2v) is 5.25. The Balaban J connectivity index is 2.46. The van der Waals surface area contributed by atoms with E-state index in [1.807, 2.05) is 18.2 Å². The fourth-order valence-corrected chi connectivity index (χ4v) is 2.31. The summed E-state index contributed by atoms with van der Waals surface area (Å²) < 4.78 is 11.1. The molecule has 5 nitrogen and oxygen atoms in total. The van der Waals surface area contributed by atoms with Gasteiger partial charge in [0.25, 0.3) is 5.56 Å². The van der Waals surface area contributed by atoms with E-state index in [1.165, 1.54) is 0 Å². The lowest BCUT2D eigenvalue weighted by Crippen LogP contribution is -2.12. The number of aryl methyl sites for hydroxylation is 1. The van der Waals surface area contributed by atoms with Crippen LogP contribution >= 0.6 is 0 Å². The molecule has 23 heavy (non-hydrogen) atoms. The zero-order valence-corrected chi connectivity index (χ0v) is 13.6. The molecular weight excluding hydrogens is 292 g/mol. The number of H-pyrrole nitrogens is 1. The molecule has 0 amide bonds. The lowest BCUT2D eigenvalue weighted by atomic mass is 10.0. The molecule has 0 aliphatic heterocycles. The van der Waals surface area contributed by atoms with E-state index in [0.717, 1.165) is 18.4 Å².